The molecule has 0 atom stereocenters. The van der Waals surface area contributed by atoms with Gasteiger partial charge < -0.3 is 5.32 Å². The second-order valence-electron chi connectivity index (χ2n) is 4.19. The lowest BCUT2D eigenvalue weighted by atomic mass is 10.1. The van der Waals surface area contributed by atoms with Crippen molar-refractivity contribution < 1.29 is 9.31 Å². The third kappa shape index (κ3) is 3.46. The smallest absolute Gasteiger partial charge is 0.270 e. The van der Waals surface area contributed by atoms with E-state index in [1.807, 2.05) is 6.07 Å². The van der Waals surface area contributed by atoms with E-state index >= 15 is 0 Å². The molecule has 0 saturated carbocycles. The number of rotatable bonds is 4. The fourth-order valence-corrected chi connectivity index (χ4v) is 1.91. The number of hydrogen-bond acceptors (Lipinski definition) is 4. The number of nitro groups is 1. The van der Waals surface area contributed by atoms with Crippen LogP contribution in [0.4, 0.5) is 15.8 Å². The summed E-state index contributed by atoms with van der Waals surface area (Å²) in [7, 11) is 0. The Hall–Kier alpha value is -2.65. The van der Waals surface area contributed by atoms with Crippen LogP contribution >= 0.6 is 11.6 Å². The van der Waals surface area contributed by atoms with Crippen molar-refractivity contribution in [2.45, 2.75) is 6.54 Å². The predicted octanol–water partition coefficient (Wildman–Crippen LogP) is 3.87. The number of non-ortho nitro benzene ring substituents is 1. The third-order valence-corrected chi connectivity index (χ3v) is 3.05. The van der Waals surface area contributed by atoms with E-state index in [4.69, 9.17) is 16.9 Å². The lowest BCUT2D eigenvalue weighted by Gasteiger charge is -2.09. The fraction of sp³-hybridized carbons (Fsp3) is 0.0714. The molecule has 2 aromatic rings. The first-order valence-corrected chi connectivity index (χ1v) is 6.25. The second kappa shape index (κ2) is 6.20. The molecule has 1 N–H and O–H groups in total. The molecule has 0 saturated heterocycles. The molecule has 0 bridgehead atoms. The van der Waals surface area contributed by atoms with Gasteiger partial charge in [0.2, 0.25) is 0 Å². The molecule has 7 heteroatoms. The first-order chi connectivity index (χ1) is 10.0. The topological polar surface area (TPSA) is 79.0 Å². The zero-order chi connectivity index (χ0) is 15.4. The van der Waals surface area contributed by atoms with E-state index in [2.05, 4.69) is 5.32 Å². The number of halogens is 2. The van der Waals surface area contributed by atoms with Crippen LogP contribution < -0.4 is 5.32 Å². The highest BCUT2D eigenvalue weighted by molar-refractivity contribution is 6.30. The minimum Gasteiger partial charge on any atom is -0.380 e. The van der Waals surface area contributed by atoms with Gasteiger partial charge in [0.1, 0.15) is 11.9 Å². The summed E-state index contributed by atoms with van der Waals surface area (Å²) < 4.78 is 13.6. The lowest BCUT2D eigenvalue weighted by molar-refractivity contribution is -0.384. The highest BCUT2D eigenvalue weighted by atomic mass is 35.5. The SMILES string of the molecule is N#Cc1cc([N+](=O)[O-])ccc1NCc1ccc(Cl)cc1F. The second-order valence-corrected chi connectivity index (χ2v) is 4.62. The Morgan fingerprint density at radius 2 is 2.10 bits per heavy atom. The van der Waals surface area contributed by atoms with Crippen LogP contribution in [0.1, 0.15) is 11.1 Å². The minimum atomic E-state index is -0.580. The Morgan fingerprint density at radius 3 is 2.71 bits per heavy atom. The average Bonchev–Trinajstić information content (AvgIpc) is 2.46. The molecule has 21 heavy (non-hydrogen) atoms. The summed E-state index contributed by atoms with van der Waals surface area (Å²) in [5, 5.41) is 22.8. The zero-order valence-corrected chi connectivity index (χ0v) is 11.4. The van der Waals surface area contributed by atoms with Crippen LogP contribution in [0, 0.1) is 27.3 Å². The van der Waals surface area contributed by atoms with Gasteiger partial charge in [-0.05, 0) is 18.2 Å². The third-order valence-electron chi connectivity index (χ3n) is 2.82. The van der Waals surface area contributed by atoms with Gasteiger partial charge in [-0.1, -0.05) is 17.7 Å². The summed E-state index contributed by atoms with van der Waals surface area (Å²) in [4.78, 5) is 10.1. The molecule has 0 aliphatic carbocycles. The standard InChI is InChI=1S/C14H9ClFN3O2/c15-11-2-1-9(13(16)6-11)8-18-14-4-3-12(19(20)21)5-10(14)7-17/h1-6,18H,8H2. The van der Waals surface area contributed by atoms with Crippen LogP contribution in [0.15, 0.2) is 36.4 Å². The molecule has 5 nitrogen and oxygen atoms in total. The Morgan fingerprint density at radius 1 is 1.33 bits per heavy atom. The lowest BCUT2D eigenvalue weighted by Crippen LogP contribution is -2.03. The number of anilines is 1. The van der Waals surface area contributed by atoms with Crippen LogP contribution in [-0.4, -0.2) is 4.92 Å². The molecule has 0 aliphatic rings. The molecular weight excluding hydrogens is 297 g/mol. The van der Waals surface area contributed by atoms with Crippen molar-refractivity contribution >= 4 is 23.0 Å². The summed E-state index contributed by atoms with van der Waals surface area (Å²) in [6.45, 7) is 0.134. The Kier molecular flexibility index (Phi) is 4.36. The van der Waals surface area contributed by atoms with Crippen molar-refractivity contribution in [2.75, 3.05) is 5.32 Å². The quantitative estimate of drug-likeness (QED) is 0.687. The molecule has 0 aromatic heterocycles. The normalized spacial score (nSPS) is 9.95. The molecule has 2 rings (SSSR count). The van der Waals surface area contributed by atoms with Crippen LogP contribution in [0.3, 0.4) is 0 Å². The van der Waals surface area contributed by atoms with E-state index in [0.717, 1.165) is 0 Å². The van der Waals surface area contributed by atoms with E-state index in [-0.39, 0.29) is 17.8 Å². The maximum absolute atomic E-state index is 13.6. The molecule has 2 aromatic carbocycles. The van der Waals surface area contributed by atoms with Crippen LogP contribution in [0.2, 0.25) is 5.02 Å². The first-order valence-electron chi connectivity index (χ1n) is 5.87. The van der Waals surface area contributed by atoms with Crippen LogP contribution in [0.25, 0.3) is 0 Å². The summed E-state index contributed by atoms with van der Waals surface area (Å²) in [5.74, 6) is -0.463. The predicted molar refractivity (Wildman–Crippen MR) is 76.5 cm³/mol. The maximum atomic E-state index is 13.6. The molecule has 0 aliphatic heterocycles. The van der Waals surface area contributed by atoms with Crippen molar-refractivity contribution in [1.82, 2.24) is 0 Å². The molecule has 0 unspecified atom stereocenters. The van der Waals surface area contributed by atoms with Gasteiger partial charge in [0.05, 0.1) is 16.2 Å². The van der Waals surface area contributed by atoms with E-state index in [9.17, 15) is 14.5 Å². The monoisotopic (exact) mass is 305 g/mol. The van der Waals surface area contributed by atoms with Crippen molar-refractivity contribution in [2.24, 2.45) is 0 Å². The first kappa shape index (κ1) is 14.8. The summed E-state index contributed by atoms with van der Waals surface area (Å²) >= 11 is 5.66. The van der Waals surface area contributed by atoms with Gasteiger partial charge in [0.15, 0.2) is 0 Å². The highest BCUT2D eigenvalue weighted by Crippen LogP contribution is 2.22. The Labute approximate surface area is 124 Å². The van der Waals surface area contributed by atoms with Gasteiger partial charge in [0, 0.05) is 29.3 Å². The summed E-state index contributed by atoms with van der Waals surface area (Å²) in [6.07, 6.45) is 0. The molecule has 0 radical (unpaired) electrons. The highest BCUT2D eigenvalue weighted by Gasteiger charge is 2.11. The van der Waals surface area contributed by atoms with Gasteiger partial charge in [-0.25, -0.2) is 4.39 Å². The molecular formula is C14H9ClFN3O2. The number of nitrogens with zero attached hydrogens (tertiary/aromatic N) is 2. The molecule has 0 fully saturated rings. The minimum absolute atomic E-state index is 0.124. The van der Waals surface area contributed by atoms with E-state index in [1.54, 1.807) is 6.07 Å². The van der Waals surface area contributed by atoms with Gasteiger partial charge >= 0.3 is 0 Å². The Balaban J connectivity index is 2.20. The number of benzene rings is 2. The number of nitro benzene ring substituents is 1. The van der Waals surface area contributed by atoms with Crippen LogP contribution in [-0.2, 0) is 6.54 Å². The van der Waals surface area contributed by atoms with Crippen molar-refractivity contribution in [3.8, 4) is 6.07 Å². The van der Waals surface area contributed by atoms with E-state index in [0.29, 0.717) is 16.3 Å². The fourth-order valence-electron chi connectivity index (χ4n) is 1.75. The van der Waals surface area contributed by atoms with Gasteiger partial charge in [-0.2, -0.15) is 5.26 Å². The van der Waals surface area contributed by atoms with Gasteiger partial charge in [-0.3, -0.25) is 10.1 Å². The Bertz CT molecular complexity index is 743. The molecule has 0 heterocycles. The van der Waals surface area contributed by atoms with Gasteiger partial charge in [-0.15, -0.1) is 0 Å². The number of hydrogen-bond donors (Lipinski definition) is 1. The molecule has 0 spiro atoms. The molecule has 0 amide bonds. The van der Waals surface area contributed by atoms with Gasteiger partial charge in [0.25, 0.3) is 5.69 Å². The van der Waals surface area contributed by atoms with Crippen molar-refractivity contribution in [1.29, 1.82) is 5.26 Å². The maximum Gasteiger partial charge on any atom is 0.270 e. The zero-order valence-electron chi connectivity index (χ0n) is 10.6. The summed E-state index contributed by atoms with van der Waals surface area (Å²) in [6, 6.07) is 10.0. The van der Waals surface area contributed by atoms with Crippen molar-refractivity contribution in [3.63, 3.8) is 0 Å². The van der Waals surface area contributed by atoms with Crippen LogP contribution in [0.5, 0.6) is 0 Å². The average molecular weight is 306 g/mol. The number of nitriles is 1. The van der Waals surface area contributed by atoms with E-state index < -0.39 is 10.7 Å². The van der Waals surface area contributed by atoms with Crippen molar-refractivity contribution in [3.05, 3.63) is 68.5 Å². The van der Waals surface area contributed by atoms with E-state index in [1.165, 1.54) is 30.3 Å². The molecule has 106 valence electrons. The largest absolute Gasteiger partial charge is 0.380 e. The number of nitrogens with one attached hydrogen (secondary N) is 1. The summed E-state index contributed by atoms with van der Waals surface area (Å²) in [5.41, 5.74) is 0.729.